The number of alkyl carbamates (subject to hydrolysis) is 1. The molecule has 0 spiro atoms. The molecule has 19 heteroatoms. The molecule has 2 N–H and O–H groups in total. The van der Waals surface area contributed by atoms with Gasteiger partial charge in [0.25, 0.3) is 0 Å². The Kier molecular flexibility index (Phi) is 17.7. The van der Waals surface area contributed by atoms with Gasteiger partial charge in [-0.15, -0.1) is 0 Å². The number of carbonyl (C=O) groups is 3. The van der Waals surface area contributed by atoms with Crippen LogP contribution in [0.2, 0.25) is 25.7 Å². The molecule has 3 heterocycles. The summed E-state index contributed by atoms with van der Waals surface area (Å²) < 4.78 is 61.0. The van der Waals surface area contributed by atoms with Crippen molar-refractivity contribution < 1.29 is 66.9 Å². The third-order valence-electron chi connectivity index (χ3n) is 11.0. The fraction of sp³-hybridized carbons (Fsp3) is 0.438. The predicted molar refractivity (Wildman–Crippen MR) is 248 cm³/mol. The molecule has 3 fully saturated rings. The third kappa shape index (κ3) is 14.4. The van der Waals surface area contributed by atoms with Gasteiger partial charge < -0.3 is 57.8 Å². The molecular weight excluding hydrogens is 949 g/mol. The van der Waals surface area contributed by atoms with Crippen molar-refractivity contribution in [1.82, 2.24) is 5.32 Å². The summed E-state index contributed by atoms with van der Waals surface area (Å²) >= 11 is 17.7. The maximum atomic E-state index is 14.2. The summed E-state index contributed by atoms with van der Waals surface area (Å²) in [5.74, 6) is -1.55. The lowest BCUT2D eigenvalue weighted by Crippen LogP contribution is -2.69. The van der Waals surface area contributed by atoms with Crippen LogP contribution in [0.4, 0.5) is 4.79 Å². The van der Waals surface area contributed by atoms with Gasteiger partial charge in [0.1, 0.15) is 43.2 Å². The zero-order chi connectivity index (χ0) is 47.6. The fourth-order valence-corrected chi connectivity index (χ4v) is 8.47. The second kappa shape index (κ2) is 23.4. The van der Waals surface area contributed by atoms with Gasteiger partial charge in [0.15, 0.2) is 31.1 Å². The average Bonchev–Trinajstić information content (AvgIpc) is 3.32. The van der Waals surface area contributed by atoms with Crippen LogP contribution in [0, 0.1) is 0 Å². The molecule has 0 bridgehead atoms. The molecular formula is C48H54Cl3NO14Si. The Labute approximate surface area is 405 Å². The largest absolute Gasteiger partial charge is 0.452 e. The minimum atomic E-state index is -1.96. The number of benzene rings is 4. The normalized spacial score (nSPS) is 27.5. The van der Waals surface area contributed by atoms with Crippen LogP contribution in [-0.4, -0.2) is 123 Å². The summed E-state index contributed by atoms with van der Waals surface area (Å²) in [6, 6.07) is 34.2. The molecule has 3 aliphatic rings. The van der Waals surface area contributed by atoms with E-state index in [2.05, 4.69) is 25.0 Å². The van der Waals surface area contributed by atoms with Crippen LogP contribution in [0.15, 0.2) is 121 Å². The smallest absolute Gasteiger partial charge is 0.407 e. The van der Waals surface area contributed by atoms with E-state index < -0.39 is 104 Å². The van der Waals surface area contributed by atoms with E-state index in [1.165, 1.54) is 0 Å². The maximum Gasteiger partial charge on any atom is 0.407 e. The van der Waals surface area contributed by atoms with E-state index in [9.17, 15) is 19.5 Å². The first kappa shape index (κ1) is 50.7. The maximum absolute atomic E-state index is 14.2. The van der Waals surface area contributed by atoms with Crippen LogP contribution >= 0.6 is 34.8 Å². The molecule has 3 saturated heterocycles. The lowest BCUT2D eigenvalue weighted by atomic mass is 9.94. The molecule has 3 aliphatic heterocycles. The third-order valence-corrected chi connectivity index (χ3v) is 13.0. The Morgan fingerprint density at radius 1 is 0.746 bits per heavy atom. The van der Waals surface area contributed by atoms with Gasteiger partial charge in [-0.1, -0.05) is 152 Å². The molecule has 0 radical (unpaired) electrons. The van der Waals surface area contributed by atoms with E-state index in [1.54, 1.807) is 72.8 Å². The fourth-order valence-electron chi connectivity index (χ4n) is 7.57. The number of aliphatic hydroxyl groups is 1. The number of ether oxygens (including phenoxy) is 10. The van der Waals surface area contributed by atoms with Crippen molar-refractivity contribution in [1.29, 1.82) is 0 Å². The number of hydrogen-bond acceptors (Lipinski definition) is 14. The monoisotopic (exact) mass is 1000 g/mol. The minimum absolute atomic E-state index is 0.0763. The number of carbonyl (C=O) groups excluding carboxylic acids is 3. The molecule has 0 aromatic heterocycles. The zero-order valence-electron chi connectivity index (χ0n) is 37.0. The van der Waals surface area contributed by atoms with Crippen LogP contribution in [0.5, 0.6) is 0 Å². The Balaban J connectivity index is 1.27. The Bertz CT molecular complexity index is 2190. The second-order valence-corrected chi connectivity index (χ2v) is 25.5. The second-order valence-electron chi connectivity index (χ2n) is 17.4. The lowest BCUT2D eigenvalue weighted by molar-refractivity contribution is -0.371. The van der Waals surface area contributed by atoms with Gasteiger partial charge in [0, 0.05) is 20.2 Å². The topological polar surface area (TPSA) is 176 Å². The predicted octanol–water partition coefficient (Wildman–Crippen LogP) is 7.78. The van der Waals surface area contributed by atoms with Crippen LogP contribution in [-0.2, 0) is 54.0 Å². The molecule has 4 aromatic carbocycles. The zero-order valence-corrected chi connectivity index (χ0v) is 40.3. The van der Waals surface area contributed by atoms with Crippen molar-refractivity contribution in [3.05, 3.63) is 144 Å². The van der Waals surface area contributed by atoms with Gasteiger partial charge in [0.2, 0.25) is 3.79 Å². The number of rotatable bonds is 17. The van der Waals surface area contributed by atoms with E-state index in [1.807, 2.05) is 48.5 Å². The van der Waals surface area contributed by atoms with E-state index in [0.29, 0.717) is 11.6 Å². The van der Waals surface area contributed by atoms with Crippen molar-refractivity contribution >= 4 is 60.9 Å². The SMILES string of the molecule is C[Si](C)(C)CCO[C@@H]1O[C@H](COCc2ccccc2)[C@@H](O[C@@H]2O[C@@H]3CO[C@H](c4ccccc4)O[C@@H]3[C@H](O)[C@H]2NC(=O)OCC(Cl)(Cl)Cl)[C@H](OC(=O)c2ccccc2)[C@H]1OC(=O)c1ccccc1. The summed E-state index contributed by atoms with van der Waals surface area (Å²) in [6.45, 7) is 6.02. The molecule has 4 aromatic rings. The molecule has 0 aliphatic carbocycles. The Morgan fingerprint density at radius 3 is 1.93 bits per heavy atom. The van der Waals surface area contributed by atoms with Gasteiger partial charge in [-0.2, -0.15) is 0 Å². The first-order valence-electron chi connectivity index (χ1n) is 21.8. The molecule has 0 saturated carbocycles. The molecule has 7 rings (SSSR count). The van der Waals surface area contributed by atoms with Gasteiger partial charge in [-0.25, -0.2) is 14.4 Å². The first-order valence-corrected chi connectivity index (χ1v) is 26.7. The summed E-state index contributed by atoms with van der Waals surface area (Å²) in [5, 5.41) is 14.8. The minimum Gasteiger partial charge on any atom is -0.452 e. The number of aliphatic hydroxyl groups excluding tert-OH is 1. The molecule has 11 atom stereocenters. The number of hydrogen-bond donors (Lipinski definition) is 2. The summed E-state index contributed by atoms with van der Waals surface area (Å²) in [5.41, 5.74) is 1.92. The quantitative estimate of drug-likeness (QED) is 0.0454. The number of amides is 1. The summed E-state index contributed by atoms with van der Waals surface area (Å²) in [4.78, 5) is 41.7. The Morgan fingerprint density at radius 2 is 1.33 bits per heavy atom. The van der Waals surface area contributed by atoms with Gasteiger partial charge in [-0.05, 0) is 35.9 Å². The van der Waals surface area contributed by atoms with Crippen LogP contribution in [0.25, 0.3) is 0 Å². The summed E-state index contributed by atoms with van der Waals surface area (Å²) in [7, 11) is -1.69. The van der Waals surface area contributed by atoms with Gasteiger partial charge >= 0.3 is 18.0 Å². The standard InChI is InChI=1S/C48H54Cl3NO14Si/c1-67(2,3)25-24-58-46-41(64-43(55)32-20-12-6-13-21-32)40(63-42(54)31-18-10-5-11-19-31)39(34(62-46)27-57-26-30-16-8-4-9-17-30)66-45-36(52-47(56)60-29-48(49,50)51)37(53)38-35(61-45)28-59-44(65-38)33-22-14-7-15-23-33/h4-23,34-41,44-46,53H,24-29H2,1-3H3,(H,52,56)/t34-,35-,36-,37-,38+,39-,40+,41-,44+,45+,46-/m1/s1. The van der Waals surface area contributed by atoms with Crippen LogP contribution in [0.3, 0.4) is 0 Å². The van der Waals surface area contributed by atoms with Crippen LogP contribution in [0.1, 0.15) is 38.1 Å². The number of nitrogens with one attached hydrogen (secondary N) is 1. The van der Waals surface area contributed by atoms with E-state index in [-0.39, 0.29) is 37.6 Å². The van der Waals surface area contributed by atoms with E-state index >= 15 is 0 Å². The number of fused-ring (bicyclic) bond motifs is 1. The van der Waals surface area contributed by atoms with Crippen molar-refractivity contribution in [3.8, 4) is 0 Å². The van der Waals surface area contributed by atoms with E-state index in [0.717, 1.165) is 5.56 Å². The molecule has 67 heavy (non-hydrogen) atoms. The first-order chi connectivity index (χ1) is 32.1. The number of halogens is 3. The van der Waals surface area contributed by atoms with Crippen molar-refractivity contribution in [2.45, 2.75) is 104 Å². The highest BCUT2D eigenvalue weighted by Crippen LogP contribution is 2.38. The van der Waals surface area contributed by atoms with E-state index in [4.69, 9.17) is 82.2 Å². The molecule has 360 valence electrons. The number of alkyl halides is 3. The number of esters is 2. The highest BCUT2D eigenvalue weighted by molar-refractivity contribution is 6.76. The molecule has 1 amide bonds. The van der Waals surface area contributed by atoms with Crippen molar-refractivity contribution in [2.24, 2.45) is 0 Å². The lowest BCUT2D eigenvalue weighted by Gasteiger charge is -2.50. The molecule has 0 unspecified atom stereocenters. The highest BCUT2D eigenvalue weighted by atomic mass is 35.6. The van der Waals surface area contributed by atoms with Crippen molar-refractivity contribution in [3.63, 3.8) is 0 Å². The van der Waals surface area contributed by atoms with Crippen molar-refractivity contribution in [2.75, 3.05) is 26.4 Å². The van der Waals surface area contributed by atoms with Crippen LogP contribution < -0.4 is 5.32 Å². The highest BCUT2D eigenvalue weighted by Gasteiger charge is 2.56. The van der Waals surface area contributed by atoms with Gasteiger partial charge in [0.05, 0.1) is 30.9 Å². The summed E-state index contributed by atoms with van der Waals surface area (Å²) in [6.07, 6.45) is -14.0. The molecule has 15 nitrogen and oxygen atoms in total. The average molecular weight is 1000 g/mol. The Hall–Kier alpha value is -4.14. The van der Waals surface area contributed by atoms with Gasteiger partial charge in [-0.3, -0.25) is 0 Å².